The zero-order chi connectivity index (χ0) is 11.4. The van der Waals surface area contributed by atoms with Crippen molar-refractivity contribution < 1.29 is 0 Å². The number of benzene rings is 1. The van der Waals surface area contributed by atoms with Crippen LogP contribution in [-0.2, 0) is 13.0 Å². The van der Waals surface area contributed by atoms with Crippen LogP contribution in [0.3, 0.4) is 0 Å². The molecule has 3 heteroatoms. The summed E-state index contributed by atoms with van der Waals surface area (Å²) in [5, 5.41) is 0. The van der Waals surface area contributed by atoms with E-state index < -0.39 is 0 Å². The fourth-order valence-electron chi connectivity index (χ4n) is 1.55. The lowest BCUT2D eigenvalue weighted by molar-refractivity contribution is 0.669. The summed E-state index contributed by atoms with van der Waals surface area (Å²) in [5.41, 5.74) is 1.29. The second kappa shape index (κ2) is 5.12. The van der Waals surface area contributed by atoms with E-state index in [4.69, 9.17) is 0 Å². The zero-order valence-corrected chi connectivity index (χ0v) is 10.4. The van der Waals surface area contributed by atoms with Gasteiger partial charge in [-0.25, -0.2) is 0 Å². The quantitative estimate of drug-likeness (QED) is 0.846. The van der Waals surface area contributed by atoms with E-state index in [2.05, 4.69) is 28.1 Å². The highest BCUT2D eigenvalue weighted by Gasteiger charge is 1.96. The Morgan fingerprint density at radius 3 is 2.50 bits per heavy atom. The Hall–Kier alpha value is -1.35. The predicted octanol–water partition coefficient (Wildman–Crippen LogP) is 2.85. The number of halogens is 1. The SMILES string of the molecule is O=c1ccccn1CCc1ccc(Br)cc1. The molecular weight excluding hydrogens is 266 g/mol. The molecule has 0 aliphatic carbocycles. The highest BCUT2D eigenvalue weighted by molar-refractivity contribution is 9.10. The van der Waals surface area contributed by atoms with Crippen molar-refractivity contribution in [1.29, 1.82) is 0 Å². The molecule has 16 heavy (non-hydrogen) atoms. The maximum absolute atomic E-state index is 11.5. The second-order valence-electron chi connectivity index (χ2n) is 3.61. The first-order chi connectivity index (χ1) is 7.75. The summed E-state index contributed by atoms with van der Waals surface area (Å²) < 4.78 is 2.80. The number of aromatic nitrogens is 1. The smallest absolute Gasteiger partial charge is 0.250 e. The third-order valence-corrected chi connectivity index (χ3v) is 2.98. The molecule has 0 aliphatic heterocycles. The van der Waals surface area contributed by atoms with Gasteiger partial charge in [-0.05, 0) is 30.2 Å². The molecule has 0 radical (unpaired) electrons. The van der Waals surface area contributed by atoms with Gasteiger partial charge in [0, 0.05) is 23.3 Å². The fourth-order valence-corrected chi connectivity index (χ4v) is 1.81. The van der Waals surface area contributed by atoms with Crippen molar-refractivity contribution in [1.82, 2.24) is 4.57 Å². The van der Waals surface area contributed by atoms with Crippen LogP contribution in [0.25, 0.3) is 0 Å². The van der Waals surface area contributed by atoms with Gasteiger partial charge in [0.1, 0.15) is 0 Å². The van der Waals surface area contributed by atoms with E-state index in [-0.39, 0.29) is 5.56 Å². The molecule has 1 aromatic heterocycles. The van der Waals surface area contributed by atoms with Gasteiger partial charge in [0.05, 0.1) is 0 Å². The first-order valence-corrected chi connectivity index (χ1v) is 5.95. The van der Waals surface area contributed by atoms with Gasteiger partial charge in [0.15, 0.2) is 0 Å². The molecule has 0 atom stereocenters. The van der Waals surface area contributed by atoms with Crippen LogP contribution >= 0.6 is 15.9 Å². The van der Waals surface area contributed by atoms with Crippen LogP contribution in [-0.4, -0.2) is 4.57 Å². The molecule has 0 saturated carbocycles. The summed E-state index contributed by atoms with van der Waals surface area (Å²) in [6.45, 7) is 0.724. The van der Waals surface area contributed by atoms with Gasteiger partial charge in [-0.1, -0.05) is 34.1 Å². The summed E-state index contributed by atoms with van der Waals surface area (Å²) in [6.07, 6.45) is 2.69. The van der Waals surface area contributed by atoms with E-state index in [0.29, 0.717) is 0 Å². The van der Waals surface area contributed by atoms with Crippen LogP contribution < -0.4 is 5.56 Å². The number of hydrogen-bond donors (Lipinski definition) is 0. The molecule has 2 nitrogen and oxygen atoms in total. The van der Waals surface area contributed by atoms with Crippen molar-refractivity contribution in [3.05, 3.63) is 69.1 Å². The van der Waals surface area contributed by atoms with Gasteiger partial charge in [0.25, 0.3) is 5.56 Å². The van der Waals surface area contributed by atoms with Crippen LogP contribution in [0, 0.1) is 0 Å². The number of aryl methyl sites for hydroxylation is 2. The van der Waals surface area contributed by atoms with Gasteiger partial charge in [0.2, 0.25) is 0 Å². The highest BCUT2D eigenvalue weighted by atomic mass is 79.9. The standard InChI is InChI=1S/C13H12BrNO/c14-12-6-4-11(5-7-12)8-10-15-9-2-1-3-13(15)16/h1-7,9H,8,10H2. The Morgan fingerprint density at radius 1 is 1.06 bits per heavy atom. The third kappa shape index (κ3) is 2.83. The summed E-state index contributed by atoms with van der Waals surface area (Å²) >= 11 is 3.40. The average molecular weight is 278 g/mol. The summed E-state index contributed by atoms with van der Waals surface area (Å²) in [4.78, 5) is 11.5. The molecule has 0 saturated heterocycles. The van der Waals surface area contributed by atoms with E-state index in [0.717, 1.165) is 17.4 Å². The van der Waals surface area contributed by atoms with Crippen LogP contribution in [0.1, 0.15) is 5.56 Å². The molecule has 2 rings (SSSR count). The number of pyridine rings is 1. The summed E-state index contributed by atoms with van der Waals surface area (Å²) in [7, 11) is 0. The molecule has 0 aliphatic rings. The molecule has 2 aromatic rings. The lowest BCUT2D eigenvalue weighted by Gasteiger charge is -2.04. The normalized spacial score (nSPS) is 10.3. The van der Waals surface area contributed by atoms with Crippen LogP contribution in [0.5, 0.6) is 0 Å². The molecule has 1 aromatic carbocycles. The molecule has 0 amide bonds. The topological polar surface area (TPSA) is 22.0 Å². The molecule has 0 N–H and O–H groups in total. The van der Waals surface area contributed by atoms with Crippen molar-refractivity contribution in [2.45, 2.75) is 13.0 Å². The van der Waals surface area contributed by atoms with Gasteiger partial charge in [-0.15, -0.1) is 0 Å². The van der Waals surface area contributed by atoms with Crippen LogP contribution in [0.2, 0.25) is 0 Å². The minimum Gasteiger partial charge on any atom is -0.315 e. The first-order valence-electron chi connectivity index (χ1n) is 5.15. The number of nitrogens with zero attached hydrogens (tertiary/aromatic N) is 1. The Morgan fingerprint density at radius 2 is 1.81 bits per heavy atom. The van der Waals surface area contributed by atoms with Gasteiger partial charge in [-0.2, -0.15) is 0 Å². The monoisotopic (exact) mass is 277 g/mol. The minimum atomic E-state index is 0.0552. The van der Waals surface area contributed by atoms with Crippen molar-refractivity contribution in [3.63, 3.8) is 0 Å². The van der Waals surface area contributed by atoms with Crippen molar-refractivity contribution in [3.8, 4) is 0 Å². The maximum Gasteiger partial charge on any atom is 0.250 e. The van der Waals surface area contributed by atoms with E-state index in [1.165, 1.54) is 5.56 Å². The average Bonchev–Trinajstić information content (AvgIpc) is 2.30. The number of rotatable bonds is 3. The van der Waals surface area contributed by atoms with E-state index >= 15 is 0 Å². The van der Waals surface area contributed by atoms with Crippen molar-refractivity contribution in [2.24, 2.45) is 0 Å². The molecule has 0 unspecified atom stereocenters. The molecule has 0 bridgehead atoms. The molecular formula is C13H12BrNO. The molecule has 0 spiro atoms. The van der Waals surface area contributed by atoms with Gasteiger partial charge in [-0.3, -0.25) is 4.79 Å². The molecule has 0 fully saturated rings. The fraction of sp³-hybridized carbons (Fsp3) is 0.154. The van der Waals surface area contributed by atoms with Crippen molar-refractivity contribution >= 4 is 15.9 Å². The largest absolute Gasteiger partial charge is 0.315 e. The van der Waals surface area contributed by atoms with Crippen LogP contribution in [0.15, 0.2) is 57.9 Å². The van der Waals surface area contributed by atoms with Crippen molar-refractivity contribution in [2.75, 3.05) is 0 Å². The Kier molecular flexibility index (Phi) is 3.57. The Bertz CT molecular complexity index is 516. The molecule has 82 valence electrons. The lowest BCUT2D eigenvalue weighted by atomic mass is 10.1. The zero-order valence-electron chi connectivity index (χ0n) is 8.77. The van der Waals surface area contributed by atoms with E-state index in [9.17, 15) is 4.79 Å². The third-order valence-electron chi connectivity index (χ3n) is 2.45. The second-order valence-corrected chi connectivity index (χ2v) is 4.52. The Balaban J connectivity index is 2.05. The van der Waals surface area contributed by atoms with Gasteiger partial charge < -0.3 is 4.57 Å². The maximum atomic E-state index is 11.5. The lowest BCUT2D eigenvalue weighted by Crippen LogP contribution is -2.18. The van der Waals surface area contributed by atoms with Crippen LogP contribution in [0.4, 0.5) is 0 Å². The van der Waals surface area contributed by atoms with E-state index in [1.54, 1.807) is 16.7 Å². The van der Waals surface area contributed by atoms with Gasteiger partial charge >= 0.3 is 0 Å². The first kappa shape index (κ1) is 11.1. The minimum absolute atomic E-state index is 0.0552. The summed E-state index contributed by atoms with van der Waals surface area (Å²) in [6, 6.07) is 13.4. The summed E-state index contributed by atoms with van der Waals surface area (Å²) in [5.74, 6) is 0. The highest BCUT2D eigenvalue weighted by Crippen LogP contribution is 2.11. The predicted molar refractivity (Wildman–Crippen MR) is 68.5 cm³/mol. The Labute approximate surface area is 103 Å². The van der Waals surface area contributed by atoms with E-state index in [1.807, 2.05) is 24.4 Å². The molecule has 1 heterocycles. The number of hydrogen-bond acceptors (Lipinski definition) is 1.